The monoisotopic (exact) mass is 370 g/mol. The summed E-state index contributed by atoms with van der Waals surface area (Å²) >= 11 is 0. The molecule has 0 amide bonds. The van der Waals surface area contributed by atoms with Crippen molar-refractivity contribution in [2.45, 2.75) is 59.0 Å². The van der Waals surface area contributed by atoms with Crippen LogP contribution in [0.2, 0.25) is 0 Å². The van der Waals surface area contributed by atoms with Crippen LogP contribution in [0.25, 0.3) is 0 Å². The first-order valence-corrected chi connectivity index (χ1v) is 9.09. The standard InChI is InChI=1S/C22H26O5/c1-11-12(2)21-16(8-9-22(4,5)27-21)19(20(11)26)18(13(3)23)15-7-6-14(24)10-17(15)25/h6-7,10,18,24-26H,8-9H2,1-5H3. The van der Waals surface area contributed by atoms with E-state index in [1.807, 2.05) is 20.8 Å². The van der Waals surface area contributed by atoms with Crippen LogP contribution in [0.4, 0.5) is 0 Å². The minimum Gasteiger partial charge on any atom is -0.508 e. The van der Waals surface area contributed by atoms with Gasteiger partial charge in [-0.15, -0.1) is 0 Å². The van der Waals surface area contributed by atoms with Gasteiger partial charge in [0, 0.05) is 22.8 Å². The van der Waals surface area contributed by atoms with E-state index < -0.39 is 5.92 Å². The maximum absolute atomic E-state index is 12.6. The number of rotatable bonds is 3. The number of carbonyl (C=O) groups is 1. The Hall–Kier alpha value is -2.69. The molecule has 5 nitrogen and oxygen atoms in total. The maximum atomic E-state index is 12.6. The van der Waals surface area contributed by atoms with E-state index in [9.17, 15) is 20.1 Å². The summed E-state index contributed by atoms with van der Waals surface area (Å²) in [5.74, 6) is -0.554. The van der Waals surface area contributed by atoms with Crippen molar-refractivity contribution in [1.29, 1.82) is 0 Å². The fourth-order valence-electron chi connectivity index (χ4n) is 3.85. The number of hydrogen-bond donors (Lipinski definition) is 3. The third kappa shape index (κ3) is 3.22. The van der Waals surface area contributed by atoms with Gasteiger partial charge in [0.05, 0.1) is 5.92 Å². The van der Waals surface area contributed by atoms with Crippen molar-refractivity contribution in [1.82, 2.24) is 0 Å². The molecule has 2 aromatic carbocycles. The molecule has 1 aliphatic rings. The molecule has 0 radical (unpaired) electrons. The Balaban J connectivity index is 2.31. The Kier molecular flexibility index (Phi) is 4.58. The maximum Gasteiger partial charge on any atom is 0.141 e. The first kappa shape index (κ1) is 19.1. The topological polar surface area (TPSA) is 87.0 Å². The zero-order valence-electron chi connectivity index (χ0n) is 16.4. The second-order valence-electron chi connectivity index (χ2n) is 7.97. The van der Waals surface area contributed by atoms with E-state index >= 15 is 0 Å². The van der Waals surface area contributed by atoms with Gasteiger partial charge in [-0.3, -0.25) is 4.79 Å². The Morgan fingerprint density at radius 1 is 1.15 bits per heavy atom. The normalized spacial score (nSPS) is 16.3. The summed E-state index contributed by atoms with van der Waals surface area (Å²) in [7, 11) is 0. The van der Waals surface area contributed by atoms with E-state index in [0.29, 0.717) is 28.9 Å². The number of phenolic OH excluding ortho intramolecular Hbond substituents is 3. The fourth-order valence-corrected chi connectivity index (χ4v) is 3.85. The lowest BCUT2D eigenvalue weighted by Crippen LogP contribution is -2.34. The SMILES string of the molecule is CC(=O)C(c1ccc(O)cc1O)c1c(O)c(C)c(C)c2c1CCC(C)(C)O2. The molecule has 0 aliphatic carbocycles. The minimum atomic E-state index is -0.844. The molecule has 0 saturated carbocycles. The van der Waals surface area contributed by atoms with Crippen molar-refractivity contribution < 1.29 is 24.9 Å². The van der Waals surface area contributed by atoms with Gasteiger partial charge < -0.3 is 20.1 Å². The van der Waals surface area contributed by atoms with Crippen molar-refractivity contribution in [3.63, 3.8) is 0 Å². The molecule has 27 heavy (non-hydrogen) atoms. The van der Waals surface area contributed by atoms with E-state index in [1.54, 1.807) is 6.92 Å². The number of phenols is 3. The predicted octanol–water partition coefficient (Wildman–Crippen LogP) is 4.24. The molecule has 0 saturated heterocycles. The average Bonchev–Trinajstić information content (AvgIpc) is 2.57. The molecule has 3 rings (SSSR count). The van der Waals surface area contributed by atoms with Crippen LogP contribution in [-0.4, -0.2) is 26.7 Å². The number of ether oxygens (including phenoxy) is 1. The largest absolute Gasteiger partial charge is 0.508 e. The van der Waals surface area contributed by atoms with Crippen molar-refractivity contribution in [2.24, 2.45) is 0 Å². The van der Waals surface area contributed by atoms with Gasteiger partial charge in [0.15, 0.2) is 0 Å². The molecule has 2 aromatic rings. The highest BCUT2D eigenvalue weighted by molar-refractivity contribution is 5.90. The highest BCUT2D eigenvalue weighted by Gasteiger charge is 2.36. The quantitative estimate of drug-likeness (QED) is 0.752. The minimum absolute atomic E-state index is 0.0576. The predicted molar refractivity (Wildman–Crippen MR) is 103 cm³/mol. The third-order valence-corrected chi connectivity index (χ3v) is 5.49. The number of Topliss-reactive ketones (excluding diaryl/α,β-unsaturated/α-hetero) is 1. The van der Waals surface area contributed by atoms with Gasteiger partial charge in [-0.1, -0.05) is 6.07 Å². The molecule has 0 bridgehead atoms. The van der Waals surface area contributed by atoms with Gasteiger partial charge in [-0.05, 0) is 64.7 Å². The summed E-state index contributed by atoms with van der Waals surface area (Å²) in [5, 5.41) is 30.9. The van der Waals surface area contributed by atoms with Gasteiger partial charge in [-0.25, -0.2) is 0 Å². The zero-order valence-corrected chi connectivity index (χ0v) is 16.4. The number of benzene rings is 2. The van der Waals surface area contributed by atoms with Crippen LogP contribution < -0.4 is 4.74 Å². The summed E-state index contributed by atoms with van der Waals surface area (Å²) in [6.45, 7) is 9.18. The Morgan fingerprint density at radius 3 is 2.41 bits per heavy atom. The lowest BCUT2D eigenvalue weighted by Gasteiger charge is -2.36. The molecule has 3 N–H and O–H groups in total. The first-order chi connectivity index (χ1) is 12.5. The molecule has 5 heteroatoms. The van der Waals surface area contributed by atoms with Crippen LogP contribution >= 0.6 is 0 Å². The van der Waals surface area contributed by atoms with E-state index in [-0.39, 0.29) is 28.6 Å². The van der Waals surface area contributed by atoms with Crippen LogP contribution in [0.1, 0.15) is 60.9 Å². The number of hydrogen-bond acceptors (Lipinski definition) is 5. The fraction of sp³-hybridized carbons (Fsp3) is 0.409. The third-order valence-electron chi connectivity index (χ3n) is 5.49. The molecule has 1 aliphatic heterocycles. The summed E-state index contributed by atoms with van der Waals surface area (Å²) in [4.78, 5) is 12.6. The second-order valence-corrected chi connectivity index (χ2v) is 7.97. The second kappa shape index (κ2) is 6.48. The average molecular weight is 370 g/mol. The number of aromatic hydroxyl groups is 3. The van der Waals surface area contributed by atoms with Crippen LogP contribution in [0.15, 0.2) is 18.2 Å². The van der Waals surface area contributed by atoms with Gasteiger partial charge in [0.25, 0.3) is 0 Å². The molecule has 0 aromatic heterocycles. The smallest absolute Gasteiger partial charge is 0.141 e. The number of fused-ring (bicyclic) bond motifs is 1. The highest BCUT2D eigenvalue weighted by Crippen LogP contribution is 2.49. The van der Waals surface area contributed by atoms with Crippen LogP contribution in [-0.2, 0) is 11.2 Å². The van der Waals surface area contributed by atoms with E-state index in [1.165, 1.54) is 25.1 Å². The molecule has 0 fully saturated rings. The zero-order chi connectivity index (χ0) is 20.1. The highest BCUT2D eigenvalue weighted by atomic mass is 16.5. The van der Waals surface area contributed by atoms with Crippen LogP contribution in [0.5, 0.6) is 23.0 Å². The molecule has 1 heterocycles. The van der Waals surface area contributed by atoms with Gasteiger partial charge >= 0.3 is 0 Å². The van der Waals surface area contributed by atoms with Crippen LogP contribution in [0, 0.1) is 13.8 Å². The molecule has 1 unspecified atom stereocenters. The van der Waals surface area contributed by atoms with Crippen LogP contribution in [0.3, 0.4) is 0 Å². The summed E-state index contributed by atoms with van der Waals surface area (Å²) in [6.07, 6.45) is 1.41. The Labute approximate surface area is 159 Å². The molecular weight excluding hydrogens is 344 g/mol. The summed E-state index contributed by atoms with van der Waals surface area (Å²) in [6, 6.07) is 4.15. The number of ketones is 1. The molecular formula is C22H26O5. The first-order valence-electron chi connectivity index (χ1n) is 9.09. The van der Waals surface area contributed by atoms with Gasteiger partial charge in [-0.2, -0.15) is 0 Å². The van der Waals surface area contributed by atoms with Crippen molar-refractivity contribution in [2.75, 3.05) is 0 Å². The lowest BCUT2D eigenvalue weighted by atomic mass is 9.79. The van der Waals surface area contributed by atoms with E-state index in [2.05, 4.69) is 0 Å². The molecule has 0 spiro atoms. The Bertz CT molecular complexity index is 927. The summed E-state index contributed by atoms with van der Waals surface area (Å²) in [5.41, 5.74) is 2.83. The number of carbonyl (C=O) groups excluding carboxylic acids is 1. The van der Waals surface area contributed by atoms with Crippen molar-refractivity contribution in [3.05, 3.63) is 46.0 Å². The van der Waals surface area contributed by atoms with Gasteiger partial charge in [0.1, 0.15) is 34.4 Å². The van der Waals surface area contributed by atoms with E-state index in [4.69, 9.17) is 4.74 Å². The molecule has 1 atom stereocenters. The van der Waals surface area contributed by atoms with Crippen molar-refractivity contribution in [3.8, 4) is 23.0 Å². The summed E-state index contributed by atoms with van der Waals surface area (Å²) < 4.78 is 6.22. The molecule has 144 valence electrons. The lowest BCUT2D eigenvalue weighted by molar-refractivity contribution is -0.117. The van der Waals surface area contributed by atoms with Gasteiger partial charge in [0.2, 0.25) is 0 Å². The van der Waals surface area contributed by atoms with E-state index in [0.717, 1.165) is 17.5 Å². The van der Waals surface area contributed by atoms with Crippen molar-refractivity contribution >= 4 is 5.78 Å². The Morgan fingerprint density at radius 2 is 1.81 bits per heavy atom.